The molecule has 0 heterocycles. The maximum atomic E-state index is 5.52. The molecule has 6 N–H and O–H groups in total. The van der Waals surface area contributed by atoms with E-state index in [1.165, 1.54) is 0 Å². The van der Waals surface area contributed by atoms with Crippen LogP contribution in [0.15, 0.2) is 52.7 Å². The molecule has 3 rings (SSSR count). The van der Waals surface area contributed by atoms with Crippen LogP contribution in [-0.2, 0) is 0 Å². The Hall–Kier alpha value is -2.84. The normalized spacial score (nSPS) is 14.0. The highest BCUT2D eigenvalue weighted by atomic mass is 32.1. The predicted molar refractivity (Wildman–Crippen MR) is 110 cm³/mol. The molecule has 0 spiro atoms. The standard InChI is InChI=1S/C17H16N6S2/c1-9(20-22-16(18)24)10-6-7-12-11-4-2-3-5-13(11)15(14(12)8-10)21-23-17(19)25/h2-8H,1H3,(H3,18,22,24)(H3,19,23,25). The van der Waals surface area contributed by atoms with Crippen molar-refractivity contribution in [1.29, 1.82) is 0 Å². The van der Waals surface area contributed by atoms with Crippen LogP contribution in [0.4, 0.5) is 0 Å². The van der Waals surface area contributed by atoms with Crippen molar-refractivity contribution in [1.82, 2.24) is 10.9 Å². The van der Waals surface area contributed by atoms with Gasteiger partial charge >= 0.3 is 0 Å². The number of nitrogens with two attached hydrogens (primary N) is 2. The first-order chi connectivity index (χ1) is 12.0. The van der Waals surface area contributed by atoms with Crippen molar-refractivity contribution in [3.05, 3.63) is 59.2 Å². The summed E-state index contributed by atoms with van der Waals surface area (Å²) in [5, 5.41) is 8.80. The van der Waals surface area contributed by atoms with Gasteiger partial charge in [0.15, 0.2) is 10.2 Å². The monoisotopic (exact) mass is 368 g/mol. The smallest absolute Gasteiger partial charge is 0.184 e. The lowest BCUT2D eigenvalue weighted by molar-refractivity contribution is 1.03. The van der Waals surface area contributed by atoms with Crippen LogP contribution in [0.2, 0.25) is 0 Å². The Morgan fingerprint density at radius 3 is 2.20 bits per heavy atom. The first-order valence-corrected chi connectivity index (χ1v) is 8.26. The quantitative estimate of drug-likeness (QED) is 0.320. The van der Waals surface area contributed by atoms with Crippen LogP contribution in [0, 0.1) is 0 Å². The maximum absolute atomic E-state index is 5.52. The molecule has 0 radical (unpaired) electrons. The highest BCUT2D eigenvalue weighted by Crippen LogP contribution is 2.37. The number of nitrogens with one attached hydrogen (secondary N) is 2. The Morgan fingerprint density at radius 1 is 0.880 bits per heavy atom. The Balaban J connectivity index is 2.09. The SMILES string of the molecule is CC(=NNC(N)=S)c1ccc2c(c1)C(=NNC(N)=S)c1ccccc1-2. The summed E-state index contributed by atoms with van der Waals surface area (Å²) in [5.74, 6) is 0. The van der Waals surface area contributed by atoms with Crippen LogP contribution >= 0.6 is 24.4 Å². The zero-order chi connectivity index (χ0) is 18.0. The lowest BCUT2D eigenvalue weighted by atomic mass is 10.0. The van der Waals surface area contributed by atoms with Crippen LogP contribution < -0.4 is 22.3 Å². The number of nitrogens with zero attached hydrogens (tertiary/aromatic N) is 2. The molecule has 8 heteroatoms. The fourth-order valence-electron chi connectivity index (χ4n) is 2.70. The average molecular weight is 368 g/mol. The van der Waals surface area contributed by atoms with E-state index >= 15 is 0 Å². The van der Waals surface area contributed by atoms with Gasteiger partial charge in [0, 0.05) is 11.1 Å². The van der Waals surface area contributed by atoms with Crippen molar-refractivity contribution in [2.45, 2.75) is 6.92 Å². The predicted octanol–water partition coefficient (Wildman–Crippen LogP) is 1.81. The summed E-state index contributed by atoms with van der Waals surface area (Å²) in [6.07, 6.45) is 0. The largest absolute Gasteiger partial charge is 0.375 e. The third kappa shape index (κ3) is 3.49. The lowest BCUT2D eigenvalue weighted by Crippen LogP contribution is -2.25. The molecule has 0 saturated carbocycles. The van der Waals surface area contributed by atoms with Crippen molar-refractivity contribution in [2.24, 2.45) is 21.7 Å². The van der Waals surface area contributed by atoms with Crippen molar-refractivity contribution >= 4 is 46.1 Å². The van der Waals surface area contributed by atoms with E-state index < -0.39 is 0 Å². The first-order valence-electron chi connectivity index (χ1n) is 7.45. The Kier molecular flexibility index (Phi) is 4.73. The summed E-state index contributed by atoms with van der Waals surface area (Å²) >= 11 is 9.64. The molecular formula is C17H16N6S2. The molecule has 0 unspecified atom stereocenters. The molecule has 1 aliphatic carbocycles. The van der Waals surface area contributed by atoms with Crippen LogP contribution in [0.5, 0.6) is 0 Å². The average Bonchev–Trinajstić information content (AvgIpc) is 2.91. The lowest BCUT2D eigenvalue weighted by Gasteiger charge is -2.07. The Labute approximate surface area is 156 Å². The van der Waals surface area contributed by atoms with E-state index in [0.717, 1.165) is 39.2 Å². The molecule has 0 fully saturated rings. The van der Waals surface area contributed by atoms with Crippen molar-refractivity contribution in [2.75, 3.05) is 0 Å². The molecule has 0 saturated heterocycles. The van der Waals surface area contributed by atoms with Crippen molar-refractivity contribution in [3.8, 4) is 11.1 Å². The molecule has 126 valence electrons. The van der Waals surface area contributed by atoms with E-state index in [1.807, 2.05) is 43.3 Å². The minimum atomic E-state index is 0.119. The number of hydrazone groups is 2. The number of rotatable bonds is 3. The molecular weight excluding hydrogens is 352 g/mol. The van der Waals surface area contributed by atoms with Gasteiger partial charge in [-0.05, 0) is 54.1 Å². The second kappa shape index (κ2) is 6.96. The summed E-state index contributed by atoms with van der Waals surface area (Å²) in [4.78, 5) is 0. The zero-order valence-electron chi connectivity index (χ0n) is 13.4. The van der Waals surface area contributed by atoms with E-state index in [4.69, 9.17) is 35.9 Å². The van der Waals surface area contributed by atoms with E-state index in [0.29, 0.717) is 0 Å². The summed E-state index contributed by atoms with van der Waals surface area (Å²) in [6, 6.07) is 14.1. The fraction of sp³-hybridized carbons (Fsp3) is 0.0588. The molecule has 0 aromatic heterocycles. The van der Waals surface area contributed by atoms with Crippen LogP contribution in [0.25, 0.3) is 11.1 Å². The second-order valence-electron chi connectivity index (χ2n) is 5.42. The van der Waals surface area contributed by atoms with Gasteiger partial charge in [-0.15, -0.1) is 0 Å². The van der Waals surface area contributed by atoms with Gasteiger partial charge in [-0.25, -0.2) is 0 Å². The van der Waals surface area contributed by atoms with Gasteiger partial charge in [0.2, 0.25) is 0 Å². The van der Waals surface area contributed by atoms with E-state index in [2.05, 4.69) is 27.1 Å². The maximum Gasteiger partial charge on any atom is 0.184 e. The molecule has 0 amide bonds. The molecule has 0 bridgehead atoms. The van der Waals surface area contributed by atoms with E-state index in [1.54, 1.807) is 0 Å². The van der Waals surface area contributed by atoms with Gasteiger partial charge in [-0.3, -0.25) is 10.9 Å². The summed E-state index contributed by atoms with van der Waals surface area (Å²) in [6.45, 7) is 1.87. The van der Waals surface area contributed by atoms with Crippen LogP contribution in [-0.4, -0.2) is 21.6 Å². The van der Waals surface area contributed by atoms with Crippen molar-refractivity contribution in [3.63, 3.8) is 0 Å². The first kappa shape index (κ1) is 17.0. The molecule has 0 atom stereocenters. The number of fused-ring (bicyclic) bond motifs is 3. The van der Waals surface area contributed by atoms with Gasteiger partial charge in [0.1, 0.15) is 0 Å². The topological polar surface area (TPSA) is 101 Å². The van der Waals surface area contributed by atoms with E-state index in [9.17, 15) is 0 Å². The highest BCUT2D eigenvalue weighted by Gasteiger charge is 2.25. The minimum Gasteiger partial charge on any atom is -0.375 e. The van der Waals surface area contributed by atoms with E-state index in [-0.39, 0.29) is 10.2 Å². The van der Waals surface area contributed by atoms with Crippen LogP contribution in [0.1, 0.15) is 23.6 Å². The number of hydrogen-bond acceptors (Lipinski definition) is 4. The number of benzene rings is 2. The molecule has 0 aliphatic heterocycles. The third-order valence-electron chi connectivity index (χ3n) is 3.78. The molecule has 25 heavy (non-hydrogen) atoms. The summed E-state index contributed by atoms with van der Waals surface area (Å²) in [5.41, 5.74) is 22.9. The highest BCUT2D eigenvalue weighted by molar-refractivity contribution is 7.80. The second-order valence-corrected chi connectivity index (χ2v) is 6.30. The molecule has 2 aromatic carbocycles. The Bertz CT molecular complexity index is 932. The molecule has 1 aliphatic rings. The van der Waals surface area contributed by atoms with Crippen LogP contribution in [0.3, 0.4) is 0 Å². The minimum absolute atomic E-state index is 0.119. The molecule has 6 nitrogen and oxygen atoms in total. The fourth-order valence-corrected chi connectivity index (χ4v) is 2.80. The molecule has 2 aromatic rings. The summed E-state index contributed by atoms with van der Waals surface area (Å²) in [7, 11) is 0. The van der Waals surface area contributed by atoms with Gasteiger partial charge in [0.25, 0.3) is 0 Å². The third-order valence-corrected chi connectivity index (χ3v) is 3.96. The van der Waals surface area contributed by atoms with Gasteiger partial charge in [0.05, 0.1) is 11.4 Å². The van der Waals surface area contributed by atoms with Gasteiger partial charge in [-0.2, -0.15) is 10.2 Å². The number of thiocarbonyl (C=S) groups is 2. The zero-order valence-corrected chi connectivity index (χ0v) is 15.0. The number of hydrogen-bond donors (Lipinski definition) is 4. The van der Waals surface area contributed by atoms with Gasteiger partial charge in [-0.1, -0.05) is 36.4 Å². The van der Waals surface area contributed by atoms with Crippen molar-refractivity contribution < 1.29 is 0 Å². The van der Waals surface area contributed by atoms with Gasteiger partial charge < -0.3 is 11.5 Å². The summed E-state index contributed by atoms with van der Waals surface area (Å²) < 4.78 is 0. The Morgan fingerprint density at radius 2 is 1.52 bits per heavy atom.